The van der Waals surface area contributed by atoms with E-state index >= 15 is 0 Å². The molecular formula is C27H26F2N2O2. The molecule has 3 aromatic carbocycles. The lowest BCUT2D eigenvalue weighted by atomic mass is 9.82. The second-order valence-corrected chi connectivity index (χ2v) is 8.38. The minimum atomic E-state index is -1.60. The number of rotatable bonds is 7. The average Bonchev–Trinajstić information content (AvgIpc) is 2.81. The van der Waals surface area contributed by atoms with Gasteiger partial charge in [0.25, 0.3) is 0 Å². The molecule has 0 saturated carbocycles. The summed E-state index contributed by atoms with van der Waals surface area (Å²) >= 11 is 0. The summed E-state index contributed by atoms with van der Waals surface area (Å²) in [4.78, 5) is 6.47. The third kappa shape index (κ3) is 4.72. The number of fused-ring (bicyclic) bond motifs is 1. The number of methoxy groups -OCH3 is 1. The fraction of sp³-hybridized carbons (Fsp3) is 0.222. The van der Waals surface area contributed by atoms with Gasteiger partial charge in [0.15, 0.2) is 0 Å². The highest BCUT2D eigenvalue weighted by Gasteiger charge is 2.33. The van der Waals surface area contributed by atoms with Crippen LogP contribution in [-0.2, 0) is 5.60 Å². The molecule has 0 spiro atoms. The maximum atomic E-state index is 14.1. The van der Waals surface area contributed by atoms with Crippen LogP contribution in [0.1, 0.15) is 17.5 Å². The van der Waals surface area contributed by atoms with Crippen molar-refractivity contribution in [3.05, 3.63) is 95.6 Å². The second-order valence-electron chi connectivity index (χ2n) is 8.38. The summed E-state index contributed by atoms with van der Waals surface area (Å²) in [7, 11) is 5.34. The number of hydrogen-bond acceptors (Lipinski definition) is 4. The molecule has 6 heteroatoms. The van der Waals surface area contributed by atoms with Crippen LogP contribution in [0.4, 0.5) is 8.78 Å². The van der Waals surface area contributed by atoms with Crippen molar-refractivity contribution in [1.82, 2.24) is 9.88 Å². The summed E-state index contributed by atoms with van der Waals surface area (Å²) in [5.74, 6) is -0.986. The maximum Gasteiger partial charge on any atom is 0.214 e. The van der Waals surface area contributed by atoms with E-state index in [1.807, 2.05) is 61.5 Å². The molecule has 4 rings (SSSR count). The smallest absolute Gasteiger partial charge is 0.214 e. The first-order chi connectivity index (χ1) is 15.8. The predicted octanol–water partition coefficient (Wildman–Crippen LogP) is 5.38. The molecule has 0 fully saturated rings. The Morgan fingerprint density at radius 2 is 1.61 bits per heavy atom. The quantitative estimate of drug-likeness (QED) is 0.413. The molecule has 1 N–H and O–H groups in total. The van der Waals surface area contributed by atoms with Gasteiger partial charge in [-0.2, -0.15) is 0 Å². The molecule has 1 atom stereocenters. The molecule has 1 unspecified atom stereocenters. The topological polar surface area (TPSA) is 45.6 Å². The van der Waals surface area contributed by atoms with E-state index in [1.54, 1.807) is 19.2 Å². The zero-order valence-electron chi connectivity index (χ0n) is 18.8. The molecule has 1 heterocycles. The van der Waals surface area contributed by atoms with Gasteiger partial charge in [-0.1, -0.05) is 36.4 Å². The Bertz CT molecular complexity index is 1260. The second kappa shape index (κ2) is 9.25. The Morgan fingerprint density at radius 3 is 2.24 bits per heavy atom. The summed E-state index contributed by atoms with van der Waals surface area (Å²) in [6.07, 6.45) is 0.249. The molecule has 0 aliphatic rings. The number of ether oxygens (including phenoxy) is 1. The van der Waals surface area contributed by atoms with Gasteiger partial charge in [-0.3, -0.25) is 0 Å². The first-order valence-corrected chi connectivity index (χ1v) is 10.7. The highest BCUT2D eigenvalue weighted by Crippen LogP contribution is 2.38. The molecule has 0 amide bonds. The fourth-order valence-corrected chi connectivity index (χ4v) is 4.05. The molecule has 33 heavy (non-hydrogen) atoms. The van der Waals surface area contributed by atoms with Crippen LogP contribution in [0.2, 0.25) is 0 Å². The molecule has 4 aromatic rings. The lowest BCUT2D eigenvalue weighted by Gasteiger charge is -2.31. The van der Waals surface area contributed by atoms with Crippen molar-refractivity contribution in [2.75, 3.05) is 27.7 Å². The summed E-state index contributed by atoms with van der Waals surface area (Å²) in [6, 6.07) is 20.2. The summed E-state index contributed by atoms with van der Waals surface area (Å²) in [5, 5.41) is 12.7. The number of aliphatic hydroxyl groups is 1. The minimum Gasteiger partial charge on any atom is -0.481 e. The standard InChI is InChI=1S/C27H26F2N2O2/c1-31(2)12-11-27(32,20-13-21(28)16-22(29)14-20)19-9-10-25-24(15-19)23(17-26(30-25)33-3)18-7-5-4-6-8-18/h4-10,13-17,32H,11-12H2,1-3H3. The van der Waals surface area contributed by atoms with E-state index in [0.717, 1.165) is 22.6 Å². The van der Waals surface area contributed by atoms with E-state index in [4.69, 9.17) is 4.74 Å². The molecule has 0 aliphatic carbocycles. The van der Waals surface area contributed by atoms with Gasteiger partial charge in [-0.05, 0) is 67.0 Å². The van der Waals surface area contributed by atoms with Crippen LogP contribution < -0.4 is 4.74 Å². The summed E-state index contributed by atoms with van der Waals surface area (Å²) in [6.45, 7) is 0.513. The highest BCUT2D eigenvalue weighted by atomic mass is 19.1. The Morgan fingerprint density at radius 1 is 0.909 bits per heavy atom. The van der Waals surface area contributed by atoms with Gasteiger partial charge in [-0.15, -0.1) is 0 Å². The first kappa shape index (κ1) is 22.8. The summed E-state index contributed by atoms with van der Waals surface area (Å²) in [5.41, 5.74) is 1.65. The van der Waals surface area contributed by atoms with Gasteiger partial charge in [0.2, 0.25) is 5.88 Å². The van der Waals surface area contributed by atoms with Gasteiger partial charge in [0, 0.05) is 24.1 Å². The number of benzene rings is 3. The minimum absolute atomic E-state index is 0.170. The van der Waals surface area contributed by atoms with Gasteiger partial charge < -0.3 is 14.7 Å². The van der Waals surface area contributed by atoms with Crippen LogP contribution in [0.25, 0.3) is 22.0 Å². The van der Waals surface area contributed by atoms with E-state index in [9.17, 15) is 13.9 Å². The van der Waals surface area contributed by atoms with Crippen molar-refractivity contribution in [1.29, 1.82) is 0 Å². The predicted molar refractivity (Wildman–Crippen MR) is 126 cm³/mol. The Labute approximate surface area is 192 Å². The van der Waals surface area contributed by atoms with Gasteiger partial charge in [0.05, 0.1) is 12.6 Å². The van der Waals surface area contributed by atoms with Crippen LogP contribution in [0.3, 0.4) is 0 Å². The molecule has 0 aliphatic heterocycles. The molecule has 170 valence electrons. The number of aromatic nitrogens is 1. The lowest BCUT2D eigenvalue weighted by molar-refractivity contribution is 0.0624. The fourth-order valence-electron chi connectivity index (χ4n) is 4.05. The maximum absolute atomic E-state index is 14.1. The average molecular weight is 449 g/mol. The van der Waals surface area contributed by atoms with E-state index in [2.05, 4.69) is 4.98 Å². The Hall–Kier alpha value is -3.35. The number of nitrogens with zero attached hydrogens (tertiary/aromatic N) is 2. The zero-order valence-corrected chi connectivity index (χ0v) is 18.8. The molecular weight excluding hydrogens is 422 g/mol. The first-order valence-electron chi connectivity index (χ1n) is 10.7. The molecule has 0 saturated heterocycles. The third-order valence-corrected chi connectivity index (χ3v) is 5.82. The van der Waals surface area contributed by atoms with Crippen LogP contribution in [0.5, 0.6) is 5.88 Å². The molecule has 1 aromatic heterocycles. The van der Waals surface area contributed by atoms with Crippen molar-refractivity contribution >= 4 is 10.9 Å². The van der Waals surface area contributed by atoms with E-state index in [0.29, 0.717) is 23.5 Å². The van der Waals surface area contributed by atoms with Gasteiger partial charge in [0.1, 0.15) is 17.2 Å². The SMILES string of the molecule is COc1cc(-c2ccccc2)c2cc(C(O)(CCN(C)C)c3cc(F)cc(F)c3)ccc2n1. The van der Waals surface area contributed by atoms with E-state index in [-0.39, 0.29) is 12.0 Å². The van der Waals surface area contributed by atoms with Crippen LogP contribution in [0.15, 0.2) is 72.8 Å². The Kier molecular flexibility index (Phi) is 6.40. The molecule has 0 bridgehead atoms. The normalized spacial score (nSPS) is 13.3. The number of halogens is 2. The number of hydrogen-bond donors (Lipinski definition) is 1. The Balaban J connectivity index is 1.95. The lowest BCUT2D eigenvalue weighted by Crippen LogP contribution is -2.32. The largest absolute Gasteiger partial charge is 0.481 e. The van der Waals surface area contributed by atoms with Crippen molar-refractivity contribution in [2.24, 2.45) is 0 Å². The summed E-state index contributed by atoms with van der Waals surface area (Å²) < 4.78 is 33.6. The van der Waals surface area contributed by atoms with Crippen LogP contribution in [-0.4, -0.2) is 42.7 Å². The monoisotopic (exact) mass is 448 g/mol. The van der Waals surface area contributed by atoms with E-state index in [1.165, 1.54) is 12.1 Å². The van der Waals surface area contributed by atoms with Crippen molar-refractivity contribution in [3.63, 3.8) is 0 Å². The van der Waals surface area contributed by atoms with Crippen molar-refractivity contribution in [3.8, 4) is 17.0 Å². The van der Waals surface area contributed by atoms with E-state index < -0.39 is 17.2 Å². The molecule has 4 nitrogen and oxygen atoms in total. The van der Waals surface area contributed by atoms with Gasteiger partial charge >= 0.3 is 0 Å². The third-order valence-electron chi connectivity index (χ3n) is 5.82. The highest BCUT2D eigenvalue weighted by molar-refractivity contribution is 5.95. The van der Waals surface area contributed by atoms with Crippen LogP contribution >= 0.6 is 0 Å². The van der Waals surface area contributed by atoms with Gasteiger partial charge in [-0.25, -0.2) is 13.8 Å². The zero-order chi connectivity index (χ0) is 23.6. The number of pyridine rings is 1. The molecule has 0 radical (unpaired) electrons. The van der Waals surface area contributed by atoms with Crippen LogP contribution in [0, 0.1) is 11.6 Å². The van der Waals surface area contributed by atoms with Crippen molar-refractivity contribution in [2.45, 2.75) is 12.0 Å². The van der Waals surface area contributed by atoms with Crippen molar-refractivity contribution < 1.29 is 18.6 Å².